The Balaban J connectivity index is 1.91. The molecule has 0 unspecified atom stereocenters. The highest BCUT2D eigenvalue weighted by Crippen LogP contribution is 2.26. The van der Waals surface area contributed by atoms with E-state index in [1.807, 2.05) is 42.6 Å². The Morgan fingerprint density at radius 1 is 1.21 bits per heavy atom. The molecule has 0 aliphatic heterocycles. The molecule has 0 aliphatic carbocycles. The average molecular weight is 388 g/mol. The summed E-state index contributed by atoms with van der Waals surface area (Å²) < 4.78 is 13.0. The van der Waals surface area contributed by atoms with Crippen molar-refractivity contribution in [3.63, 3.8) is 0 Å². The average Bonchev–Trinajstić information content (AvgIpc) is 2.98. The summed E-state index contributed by atoms with van der Waals surface area (Å²) in [6.45, 7) is 0.750. The van der Waals surface area contributed by atoms with E-state index < -0.39 is 0 Å². The summed E-state index contributed by atoms with van der Waals surface area (Å²) in [5.74, 6) is 1.65. The van der Waals surface area contributed by atoms with Crippen molar-refractivity contribution in [2.75, 3.05) is 12.6 Å². The van der Waals surface area contributed by atoms with Gasteiger partial charge in [0.1, 0.15) is 17.0 Å². The Labute approximate surface area is 149 Å². The summed E-state index contributed by atoms with van der Waals surface area (Å²) in [4.78, 5) is 11.3. The number of para-hydroxylation sites is 1. The van der Waals surface area contributed by atoms with Crippen molar-refractivity contribution < 1.29 is 14.3 Å². The molecule has 0 amide bonds. The molecule has 4 nitrogen and oxygen atoms in total. The van der Waals surface area contributed by atoms with Crippen molar-refractivity contribution >= 4 is 33.1 Å². The van der Waals surface area contributed by atoms with E-state index >= 15 is 0 Å². The molecule has 0 saturated carbocycles. The number of aldehydes is 1. The molecule has 0 fully saturated rings. The van der Waals surface area contributed by atoms with Gasteiger partial charge in [-0.25, -0.2) is 0 Å². The molecule has 0 atom stereocenters. The SMILES string of the molecule is COc1ccc2c(C=O)cn(CCc3ccccc3OCBr)c2c1. The van der Waals surface area contributed by atoms with Crippen LogP contribution in [0.5, 0.6) is 11.5 Å². The highest BCUT2D eigenvalue weighted by Gasteiger charge is 2.10. The molecule has 5 heteroatoms. The van der Waals surface area contributed by atoms with E-state index in [9.17, 15) is 4.79 Å². The van der Waals surface area contributed by atoms with E-state index in [2.05, 4.69) is 26.6 Å². The molecule has 0 bridgehead atoms. The molecule has 0 radical (unpaired) electrons. The number of benzene rings is 2. The van der Waals surface area contributed by atoms with E-state index in [1.54, 1.807) is 7.11 Å². The Morgan fingerprint density at radius 3 is 2.79 bits per heavy atom. The minimum atomic E-state index is 0.461. The van der Waals surface area contributed by atoms with Crippen molar-refractivity contribution in [1.29, 1.82) is 0 Å². The summed E-state index contributed by atoms with van der Waals surface area (Å²) in [5.41, 5.74) is 3.28. The number of nitrogens with zero attached hydrogens (tertiary/aromatic N) is 1. The summed E-state index contributed by atoms with van der Waals surface area (Å²) in [7, 11) is 1.64. The van der Waals surface area contributed by atoms with Crippen LogP contribution in [0, 0.1) is 0 Å². The second kappa shape index (κ2) is 7.53. The van der Waals surface area contributed by atoms with Crippen LogP contribution in [-0.4, -0.2) is 23.5 Å². The van der Waals surface area contributed by atoms with Crippen LogP contribution in [0.15, 0.2) is 48.7 Å². The number of rotatable bonds is 7. The van der Waals surface area contributed by atoms with Gasteiger partial charge in [0.15, 0.2) is 6.29 Å². The first kappa shape index (κ1) is 16.6. The van der Waals surface area contributed by atoms with Gasteiger partial charge < -0.3 is 14.0 Å². The second-order valence-electron chi connectivity index (χ2n) is 5.39. The smallest absolute Gasteiger partial charge is 0.152 e. The third-order valence-corrected chi connectivity index (χ3v) is 4.28. The maximum atomic E-state index is 11.3. The van der Waals surface area contributed by atoms with Gasteiger partial charge in [-0.15, -0.1) is 0 Å². The van der Waals surface area contributed by atoms with Gasteiger partial charge in [0.05, 0.1) is 12.6 Å². The molecule has 1 heterocycles. The quantitative estimate of drug-likeness (QED) is 0.444. The molecule has 2 aromatic carbocycles. The topological polar surface area (TPSA) is 40.5 Å². The van der Waals surface area contributed by atoms with Gasteiger partial charge in [-0.2, -0.15) is 0 Å². The molecule has 24 heavy (non-hydrogen) atoms. The molecule has 3 aromatic rings. The number of ether oxygens (including phenoxy) is 2. The van der Waals surface area contributed by atoms with Crippen LogP contribution in [0.1, 0.15) is 15.9 Å². The van der Waals surface area contributed by atoms with Crippen LogP contribution in [0.3, 0.4) is 0 Å². The number of aryl methyl sites for hydroxylation is 2. The zero-order valence-electron chi connectivity index (χ0n) is 13.4. The minimum absolute atomic E-state index is 0.461. The van der Waals surface area contributed by atoms with E-state index in [0.29, 0.717) is 11.1 Å². The number of carbonyl (C=O) groups excluding carboxylic acids is 1. The van der Waals surface area contributed by atoms with Gasteiger partial charge in [-0.1, -0.05) is 18.2 Å². The third kappa shape index (κ3) is 3.31. The van der Waals surface area contributed by atoms with E-state index in [1.165, 1.54) is 0 Å². The van der Waals surface area contributed by atoms with E-state index in [-0.39, 0.29) is 0 Å². The summed E-state index contributed by atoms with van der Waals surface area (Å²) in [6, 6.07) is 13.7. The summed E-state index contributed by atoms with van der Waals surface area (Å²) in [6.07, 6.45) is 3.60. The van der Waals surface area contributed by atoms with Crippen LogP contribution in [-0.2, 0) is 13.0 Å². The first-order chi connectivity index (χ1) is 11.8. The van der Waals surface area contributed by atoms with E-state index in [0.717, 1.165) is 47.2 Å². The predicted octanol–water partition coefficient (Wildman–Crippen LogP) is 4.44. The molecule has 3 rings (SSSR count). The Kier molecular flexibility index (Phi) is 5.20. The lowest BCUT2D eigenvalue weighted by Gasteiger charge is -2.11. The molecule has 1 aromatic heterocycles. The maximum Gasteiger partial charge on any atom is 0.152 e. The fraction of sp³-hybridized carbons (Fsp3) is 0.211. The number of halogens is 1. The first-order valence-electron chi connectivity index (χ1n) is 7.65. The van der Waals surface area contributed by atoms with E-state index in [4.69, 9.17) is 9.47 Å². The Morgan fingerprint density at radius 2 is 2.04 bits per heavy atom. The van der Waals surface area contributed by atoms with Crippen LogP contribution in [0.25, 0.3) is 10.9 Å². The lowest BCUT2D eigenvalue weighted by molar-refractivity contribution is 0.112. The number of hydrogen-bond donors (Lipinski definition) is 0. The molecule has 0 saturated heterocycles. The fourth-order valence-electron chi connectivity index (χ4n) is 2.86. The minimum Gasteiger partial charge on any atom is -0.497 e. The highest BCUT2D eigenvalue weighted by atomic mass is 79.9. The maximum absolute atomic E-state index is 11.3. The van der Waals surface area contributed by atoms with Crippen molar-refractivity contribution in [1.82, 2.24) is 4.57 Å². The lowest BCUT2D eigenvalue weighted by Crippen LogP contribution is -2.02. The van der Waals surface area contributed by atoms with Crippen molar-refractivity contribution in [2.24, 2.45) is 0 Å². The lowest BCUT2D eigenvalue weighted by atomic mass is 10.1. The Hall–Kier alpha value is -2.27. The molecule has 0 N–H and O–H groups in total. The van der Waals surface area contributed by atoms with Crippen molar-refractivity contribution in [2.45, 2.75) is 13.0 Å². The monoisotopic (exact) mass is 387 g/mol. The number of carbonyl (C=O) groups is 1. The van der Waals surface area contributed by atoms with Gasteiger partial charge in [0, 0.05) is 29.8 Å². The first-order valence-corrected chi connectivity index (χ1v) is 8.77. The predicted molar refractivity (Wildman–Crippen MR) is 98.4 cm³/mol. The zero-order valence-corrected chi connectivity index (χ0v) is 15.0. The largest absolute Gasteiger partial charge is 0.497 e. The number of alkyl halides is 1. The van der Waals surface area contributed by atoms with Crippen LogP contribution in [0.2, 0.25) is 0 Å². The molecule has 0 spiro atoms. The third-order valence-electron chi connectivity index (χ3n) is 4.05. The summed E-state index contributed by atoms with van der Waals surface area (Å²) >= 11 is 3.30. The van der Waals surface area contributed by atoms with Gasteiger partial charge in [-0.05, 0) is 46.1 Å². The van der Waals surface area contributed by atoms with Crippen LogP contribution < -0.4 is 9.47 Å². The van der Waals surface area contributed by atoms with Gasteiger partial charge in [0.25, 0.3) is 0 Å². The highest BCUT2D eigenvalue weighted by molar-refractivity contribution is 9.09. The van der Waals surface area contributed by atoms with Crippen LogP contribution in [0.4, 0.5) is 0 Å². The number of aromatic nitrogens is 1. The van der Waals surface area contributed by atoms with Crippen molar-refractivity contribution in [3.05, 3.63) is 59.8 Å². The number of fused-ring (bicyclic) bond motifs is 1. The van der Waals surface area contributed by atoms with Gasteiger partial charge in [0.2, 0.25) is 0 Å². The normalized spacial score (nSPS) is 10.8. The molecule has 124 valence electrons. The van der Waals surface area contributed by atoms with Crippen molar-refractivity contribution in [3.8, 4) is 11.5 Å². The molecular formula is C19H18BrNO3. The number of methoxy groups -OCH3 is 1. The molecular weight excluding hydrogens is 370 g/mol. The van der Waals surface area contributed by atoms with Crippen LogP contribution >= 0.6 is 15.9 Å². The Bertz CT molecular complexity index is 857. The van der Waals surface area contributed by atoms with Gasteiger partial charge >= 0.3 is 0 Å². The molecule has 0 aliphatic rings. The summed E-state index contributed by atoms with van der Waals surface area (Å²) in [5, 5.41) is 0.941. The zero-order chi connectivity index (χ0) is 16.9. The van der Waals surface area contributed by atoms with Gasteiger partial charge in [-0.3, -0.25) is 4.79 Å². The standard InChI is InChI=1S/C19H18BrNO3/c1-23-16-6-7-17-15(12-22)11-21(18(17)10-16)9-8-14-4-2-3-5-19(14)24-13-20/h2-7,10-12H,8-9,13H2,1H3. The number of hydrogen-bond acceptors (Lipinski definition) is 3. The fourth-order valence-corrected chi connectivity index (χ4v) is 3.10. The second-order valence-corrected chi connectivity index (χ2v) is 5.85.